The van der Waals surface area contributed by atoms with Crippen molar-refractivity contribution in [3.05, 3.63) is 199 Å². The molecular weight excluding hydrogens is 976 g/mol. The Kier molecular flexibility index (Phi) is 12.3. The van der Waals surface area contributed by atoms with E-state index >= 15 is 0 Å². The van der Waals surface area contributed by atoms with Crippen molar-refractivity contribution in [2.75, 3.05) is 0 Å². The van der Waals surface area contributed by atoms with Crippen LogP contribution in [-0.2, 0) is 57.6 Å². The van der Waals surface area contributed by atoms with Gasteiger partial charge < -0.3 is 12.8 Å². The number of nitrogens with zero attached hydrogens (tertiary/aromatic N) is 3. The molecule has 0 amide bonds. The molecule has 3 nitrogen and oxygen atoms in total. The molecule has 0 radical (unpaired) electrons. The second-order valence-electron chi connectivity index (χ2n) is 11.5. The first kappa shape index (κ1) is 36.2. The van der Waals surface area contributed by atoms with Crippen LogP contribution < -0.4 is 0 Å². The summed E-state index contributed by atoms with van der Waals surface area (Å²) in [4.78, 5) is 12.6. The first-order valence-corrected chi connectivity index (χ1v) is 15.8. The van der Waals surface area contributed by atoms with Crippen molar-refractivity contribution in [3.63, 3.8) is 0 Å². The molecule has 0 saturated heterocycles. The van der Waals surface area contributed by atoms with Crippen LogP contribution in [0.5, 0.6) is 0 Å². The topological polar surface area (TPSA) is 38.7 Å². The van der Waals surface area contributed by atoms with Gasteiger partial charge in [0.15, 0.2) is 0 Å². The third-order valence-corrected chi connectivity index (χ3v) is 8.62. The molecule has 0 bridgehead atoms. The predicted molar refractivity (Wildman–Crippen MR) is 193 cm³/mol. The van der Waals surface area contributed by atoms with Crippen molar-refractivity contribution in [1.29, 1.82) is 0 Å². The van der Waals surface area contributed by atoms with Crippen LogP contribution in [-0.4, -0.2) is 15.0 Å². The molecule has 0 saturated carbocycles. The van der Waals surface area contributed by atoms with Crippen LogP contribution in [0.25, 0.3) is 44.6 Å². The molecule has 5 heteroatoms. The molecule has 2 heterocycles. The van der Waals surface area contributed by atoms with E-state index in [2.05, 4.69) is 93.5 Å². The number of pyridine rings is 1. The monoisotopic (exact) mass is 1010 g/mol. The average Bonchev–Trinajstić information content (AvgIpc) is 3.73. The van der Waals surface area contributed by atoms with Crippen LogP contribution in [0.2, 0.25) is 0 Å². The summed E-state index contributed by atoms with van der Waals surface area (Å²) in [6.45, 7) is 0. The van der Waals surface area contributed by atoms with Crippen molar-refractivity contribution in [2.24, 2.45) is 0 Å². The van der Waals surface area contributed by atoms with Gasteiger partial charge in [0.1, 0.15) is 0 Å². The Hall–Kier alpha value is -5.07. The number of rotatable bonds is 2. The third kappa shape index (κ3) is 7.87. The molecule has 7 aromatic rings. The van der Waals surface area contributed by atoms with Gasteiger partial charge in [-0.25, -0.2) is 0 Å². The van der Waals surface area contributed by atoms with Gasteiger partial charge in [0, 0.05) is 35.9 Å². The van der Waals surface area contributed by atoms with Crippen molar-refractivity contribution >= 4 is 0 Å². The minimum atomic E-state index is 0. The molecule has 0 spiro atoms. The van der Waals surface area contributed by atoms with E-state index in [1.807, 2.05) is 60.8 Å². The smallest absolute Gasteiger partial charge is 0.366 e. The van der Waals surface area contributed by atoms with Crippen LogP contribution in [0.15, 0.2) is 152 Å². The Morgan fingerprint density at radius 1 is 0.440 bits per heavy atom. The number of benzene rings is 5. The third-order valence-electron chi connectivity index (χ3n) is 8.62. The normalized spacial score (nSPS) is 10.7. The van der Waals surface area contributed by atoms with Gasteiger partial charge in [-0.3, -0.25) is 26.8 Å². The number of fused-ring (bicyclic) bond motifs is 6. The van der Waals surface area contributed by atoms with Gasteiger partial charge in [0.25, 0.3) is 0 Å². The maximum absolute atomic E-state index is 7.14. The molecule has 2 aliphatic rings. The number of aromatic nitrogens is 3. The molecule has 0 unspecified atom stereocenters. The minimum absolute atomic E-state index is 0. The zero-order valence-electron chi connectivity index (χ0n) is 26.8. The Balaban J connectivity index is 0.000000144. The summed E-state index contributed by atoms with van der Waals surface area (Å²) < 4.78 is 0. The summed E-state index contributed by atoms with van der Waals surface area (Å²) in [6.07, 6.45) is 25.1. The van der Waals surface area contributed by atoms with Gasteiger partial charge in [-0.2, -0.15) is 0 Å². The van der Waals surface area contributed by atoms with Gasteiger partial charge in [0.2, 0.25) is 0 Å². The van der Waals surface area contributed by atoms with E-state index in [0.717, 1.165) is 46.4 Å². The summed E-state index contributed by atoms with van der Waals surface area (Å²) in [5.74, 6) is 4.87. The van der Waals surface area contributed by atoms with Crippen molar-refractivity contribution in [3.8, 4) is 56.5 Å². The van der Waals surface area contributed by atoms with Gasteiger partial charge in [-0.05, 0) is 69.0 Å². The zero-order valence-corrected chi connectivity index (χ0v) is 31.1. The zero-order chi connectivity index (χ0) is 32.7. The van der Waals surface area contributed by atoms with E-state index in [0.29, 0.717) is 0 Å². The van der Waals surface area contributed by atoms with E-state index in [4.69, 9.17) is 12.8 Å². The maximum atomic E-state index is 7.14. The fraction of sp³-hybridized carbons (Fsp3) is 0.0444. The van der Waals surface area contributed by atoms with Gasteiger partial charge >= 0.3 is 44.8 Å². The van der Waals surface area contributed by atoms with Crippen LogP contribution in [0.4, 0.5) is 0 Å². The molecule has 0 aliphatic heterocycles. The van der Waals surface area contributed by atoms with E-state index in [1.165, 1.54) is 44.5 Å². The molecule has 9 rings (SSSR count). The van der Waals surface area contributed by atoms with E-state index in [1.54, 1.807) is 24.8 Å². The summed E-state index contributed by atoms with van der Waals surface area (Å²) in [6, 6.07) is 41.3. The van der Waals surface area contributed by atoms with E-state index in [9.17, 15) is 0 Å². The molecule has 50 heavy (non-hydrogen) atoms. The Morgan fingerprint density at radius 3 is 1.44 bits per heavy atom. The molecule has 0 N–H and O–H groups in total. The van der Waals surface area contributed by atoms with E-state index < -0.39 is 0 Å². The Morgan fingerprint density at radius 2 is 0.940 bits per heavy atom. The fourth-order valence-electron chi connectivity index (χ4n) is 6.32. The molecule has 5 aromatic carbocycles. The Bertz CT molecular complexity index is 2160. The summed E-state index contributed by atoms with van der Waals surface area (Å²) in [7, 11) is 0. The van der Waals surface area contributed by atoms with Crippen LogP contribution in [0.3, 0.4) is 0 Å². The summed E-state index contributed by atoms with van der Waals surface area (Å²) >= 11 is 0. The maximum Gasteiger partial charge on any atom is 1.00 e. The first-order valence-electron chi connectivity index (χ1n) is 15.8. The molecule has 2 aliphatic carbocycles. The minimum Gasteiger partial charge on any atom is -0.366 e. The van der Waals surface area contributed by atoms with Crippen LogP contribution in [0.1, 0.15) is 33.4 Å². The fourth-order valence-corrected chi connectivity index (χ4v) is 6.32. The standard InChI is InChI=1S/C15H11N3.2C15H9.2Au/c1-2-6-14(15-11-17-8-9-18-15)13(5-1)12-4-3-7-16-10-12;2*1-2-11-7-8-13-10-12-5-3-4-6-14(12)15(13)9-11;;/h1-11H;2*3-9H,10H2;;/q;2*-1;2*+1. The summed E-state index contributed by atoms with van der Waals surface area (Å²) in [5.41, 5.74) is 16.5. The predicted octanol–water partition coefficient (Wildman–Crippen LogP) is 9.59. The Labute approximate surface area is 325 Å². The van der Waals surface area contributed by atoms with Crippen molar-refractivity contribution in [1.82, 2.24) is 15.0 Å². The second kappa shape index (κ2) is 17.0. The largest absolute Gasteiger partial charge is 1.00 e. The summed E-state index contributed by atoms with van der Waals surface area (Å²) in [5, 5.41) is 0. The first-order chi connectivity index (χ1) is 23.7. The van der Waals surface area contributed by atoms with Crippen LogP contribution in [0, 0.1) is 24.7 Å². The van der Waals surface area contributed by atoms with Gasteiger partial charge in [-0.15, -0.1) is 35.4 Å². The average molecular weight is 1010 g/mol. The molecule has 2 aromatic heterocycles. The second-order valence-corrected chi connectivity index (χ2v) is 11.5. The van der Waals surface area contributed by atoms with Crippen molar-refractivity contribution in [2.45, 2.75) is 12.8 Å². The molecule has 246 valence electrons. The molecule has 0 fully saturated rings. The molecule has 0 atom stereocenters. The number of hydrogen-bond acceptors (Lipinski definition) is 3. The molecular formula is C45H29Au2N3. The van der Waals surface area contributed by atoms with E-state index in [-0.39, 0.29) is 44.8 Å². The van der Waals surface area contributed by atoms with Crippen molar-refractivity contribution < 1.29 is 44.8 Å². The number of hydrogen-bond donors (Lipinski definition) is 0. The van der Waals surface area contributed by atoms with Gasteiger partial charge in [0.05, 0.1) is 11.9 Å². The quantitative estimate of drug-likeness (QED) is 0.0985. The SMILES string of the molecule is [Au+].[Au+].[C-]#Cc1ccc2c(c1)-c1ccccc1C2.[C-]#Cc1ccc2c(c1)-c1ccccc1C2.c1cncc(-c2ccccc2-c2cnccn2)c1. The van der Waals surface area contributed by atoms with Crippen LogP contribution >= 0.6 is 0 Å². The van der Waals surface area contributed by atoms with Gasteiger partial charge in [-0.1, -0.05) is 91.0 Å².